The van der Waals surface area contributed by atoms with Crippen LogP contribution in [0.2, 0.25) is 0 Å². The fourth-order valence-electron chi connectivity index (χ4n) is 3.64. The van der Waals surface area contributed by atoms with Gasteiger partial charge in [0.2, 0.25) is 0 Å². The molecule has 0 spiro atoms. The van der Waals surface area contributed by atoms with Crippen LogP contribution in [0.25, 0.3) is 0 Å². The van der Waals surface area contributed by atoms with E-state index in [2.05, 4.69) is 33.7 Å². The van der Waals surface area contributed by atoms with Gasteiger partial charge in [0.25, 0.3) is 0 Å². The summed E-state index contributed by atoms with van der Waals surface area (Å²) in [4.78, 5) is 16.5. The van der Waals surface area contributed by atoms with Crippen LogP contribution >= 0.6 is 0 Å². The lowest BCUT2D eigenvalue weighted by atomic mass is 9.86. The molecule has 1 saturated heterocycles. The second-order valence-corrected chi connectivity index (χ2v) is 6.91. The van der Waals surface area contributed by atoms with Gasteiger partial charge in [-0.3, -0.25) is 14.9 Å². The standard InChI is InChI=1S/C17H26N6O2/c1-12-8-15(20-25-12)19-17(24)22(3)10-13-6-5-7-21(2)16(13)14-9-18-23(4)11-14/h8-9,11,13,16H,5-7,10H2,1-4H3,(H,19,20,24)/t13-,16+/m0/s1. The topological polar surface area (TPSA) is 79.4 Å². The quantitative estimate of drug-likeness (QED) is 0.919. The van der Waals surface area contributed by atoms with E-state index in [0.717, 1.165) is 19.4 Å². The number of piperidine rings is 1. The Bertz CT molecular complexity index is 724. The van der Waals surface area contributed by atoms with E-state index < -0.39 is 0 Å². The van der Waals surface area contributed by atoms with Crippen molar-refractivity contribution in [1.82, 2.24) is 24.7 Å². The van der Waals surface area contributed by atoms with Crippen LogP contribution in [0.3, 0.4) is 0 Å². The molecule has 0 aliphatic carbocycles. The first kappa shape index (κ1) is 17.5. The summed E-state index contributed by atoms with van der Waals surface area (Å²) in [5.74, 6) is 1.47. The predicted octanol–water partition coefficient (Wildman–Crippen LogP) is 2.26. The number of aryl methyl sites for hydroxylation is 2. The Morgan fingerprint density at radius 3 is 2.92 bits per heavy atom. The van der Waals surface area contributed by atoms with Gasteiger partial charge >= 0.3 is 6.03 Å². The molecule has 2 atom stereocenters. The summed E-state index contributed by atoms with van der Waals surface area (Å²) in [6.45, 7) is 3.53. The molecule has 2 aromatic rings. The monoisotopic (exact) mass is 346 g/mol. The highest BCUT2D eigenvalue weighted by Crippen LogP contribution is 2.35. The lowest BCUT2D eigenvalue weighted by Crippen LogP contribution is -2.43. The Balaban J connectivity index is 1.67. The molecule has 1 aliphatic rings. The van der Waals surface area contributed by atoms with Crippen molar-refractivity contribution in [1.29, 1.82) is 0 Å². The third-order valence-electron chi connectivity index (χ3n) is 4.79. The van der Waals surface area contributed by atoms with Crippen LogP contribution in [0, 0.1) is 12.8 Å². The number of hydrogen-bond donors (Lipinski definition) is 1. The van der Waals surface area contributed by atoms with Gasteiger partial charge in [0.1, 0.15) is 5.76 Å². The van der Waals surface area contributed by atoms with Crippen molar-refractivity contribution in [2.24, 2.45) is 13.0 Å². The molecule has 136 valence electrons. The maximum Gasteiger partial charge on any atom is 0.322 e. The SMILES string of the molecule is Cc1cc(NC(=O)N(C)C[C@@H]2CCCN(C)[C@H]2c2cnn(C)c2)no1. The Hall–Kier alpha value is -2.35. The van der Waals surface area contributed by atoms with Crippen molar-refractivity contribution in [2.45, 2.75) is 25.8 Å². The highest BCUT2D eigenvalue weighted by atomic mass is 16.5. The number of likely N-dealkylation sites (tertiary alicyclic amines) is 1. The Kier molecular flexibility index (Phi) is 5.08. The maximum absolute atomic E-state index is 12.4. The molecule has 0 saturated carbocycles. The van der Waals surface area contributed by atoms with Gasteiger partial charge in [0.05, 0.1) is 6.20 Å². The molecular weight excluding hydrogens is 320 g/mol. The number of nitrogens with one attached hydrogen (secondary N) is 1. The van der Waals surface area contributed by atoms with E-state index in [1.54, 1.807) is 17.9 Å². The van der Waals surface area contributed by atoms with Crippen LogP contribution in [-0.2, 0) is 7.05 Å². The van der Waals surface area contributed by atoms with Gasteiger partial charge in [0.15, 0.2) is 5.82 Å². The predicted molar refractivity (Wildman–Crippen MR) is 94.2 cm³/mol. The van der Waals surface area contributed by atoms with Crippen LogP contribution in [0.15, 0.2) is 23.0 Å². The minimum Gasteiger partial charge on any atom is -0.360 e. The summed E-state index contributed by atoms with van der Waals surface area (Å²) < 4.78 is 6.82. The second-order valence-electron chi connectivity index (χ2n) is 6.91. The molecule has 8 nitrogen and oxygen atoms in total. The molecule has 2 amide bonds. The fourth-order valence-corrected chi connectivity index (χ4v) is 3.64. The minimum absolute atomic E-state index is 0.175. The molecule has 1 fully saturated rings. The van der Waals surface area contributed by atoms with E-state index in [-0.39, 0.29) is 12.1 Å². The van der Waals surface area contributed by atoms with Gasteiger partial charge in [-0.25, -0.2) is 4.79 Å². The summed E-state index contributed by atoms with van der Waals surface area (Å²) in [5.41, 5.74) is 1.20. The summed E-state index contributed by atoms with van der Waals surface area (Å²) in [6, 6.07) is 1.80. The van der Waals surface area contributed by atoms with E-state index >= 15 is 0 Å². The van der Waals surface area contributed by atoms with Gasteiger partial charge in [-0.2, -0.15) is 5.10 Å². The van der Waals surface area contributed by atoms with Gasteiger partial charge in [0, 0.05) is 44.5 Å². The molecule has 25 heavy (non-hydrogen) atoms. The van der Waals surface area contributed by atoms with Crippen LogP contribution in [0.4, 0.5) is 10.6 Å². The summed E-state index contributed by atoms with van der Waals surface area (Å²) in [5, 5.41) is 10.9. The maximum atomic E-state index is 12.4. The van der Waals surface area contributed by atoms with E-state index in [9.17, 15) is 4.79 Å². The fraction of sp³-hybridized carbons (Fsp3) is 0.588. The van der Waals surface area contributed by atoms with Gasteiger partial charge in [-0.15, -0.1) is 0 Å². The molecule has 3 rings (SSSR count). The normalized spacial score (nSPS) is 21.3. The first-order chi connectivity index (χ1) is 11.9. The number of urea groups is 1. The van der Waals surface area contributed by atoms with E-state index in [4.69, 9.17) is 4.52 Å². The zero-order chi connectivity index (χ0) is 18.0. The zero-order valence-electron chi connectivity index (χ0n) is 15.3. The first-order valence-electron chi connectivity index (χ1n) is 8.58. The Morgan fingerprint density at radius 1 is 1.48 bits per heavy atom. The summed E-state index contributed by atoms with van der Waals surface area (Å²) in [7, 11) is 5.89. The Morgan fingerprint density at radius 2 is 2.28 bits per heavy atom. The number of hydrogen-bond acceptors (Lipinski definition) is 5. The van der Waals surface area contributed by atoms with Crippen molar-refractivity contribution in [3.63, 3.8) is 0 Å². The molecule has 0 aromatic carbocycles. The number of amides is 2. The molecule has 0 bridgehead atoms. The third-order valence-corrected chi connectivity index (χ3v) is 4.79. The smallest absolute Gasteiger partial charge is 0.322 e. The zero-order valence-corrected chi connectivity index (χ0v) is 15.3. The summed E-state index contributed by atoms with van der Waals surface area (Å²) >= 11 is 0. The Labute approximate surface area is 147 Å². The average molecular weight is 346 g/mol. The van der Waals surface area contributed by atoms with Crippen LogP contribution in [-0.4, -0.2) is 58.0 Å². The number of aromatic nitrogens is 3. The number of nitrogens with zero attached hydrogens (tertiary/aromatic N) is 5. The van der Waals surface area contributed by atoms with Crippen LogP contribution in [0.1, 0.15) is 30.2 Å². The second kappa shape index (κ2) is 7.26. The summed E-state index contributed by atoms with van der Waals surface area (Å²) in [6.07, 6.45) is 6.22. The van der Waals surface area contributed by atoms with Gasteiger partial charge in [-0.1, -0.05) is 5.16 Å². The van der Waals surface area contributed by atoms with Crippen LogP contribution in [0.5, 0.6) is 0 Å². The molecule has 8 heteroatoms. The average Bonchev–Trinajstić information content (AvgIpc) is 3.16. The third kappa shape index (κ3) is 4.01. The highest BCUT2D eigenvalue weighted by molar-refractivity contribution is 5.88. The van der Waals surface area contributed by atoms with E-state index in [0.29, 0.717) is 24.0 Å². The minimum atomic E-state index is -0.175. The molecule has 0 radical (unpaired) electrons. The first-order valence-corrected chi connectivity index (χ1v) is 8.58. The van der Waals surface area contributed by atoms with Crippen molar-refractivity contribution < 1.29 is 9.32 Å². The van der Waals surface area contributed by atoms with Crippen molar-refractivity contribution in [2.75, 3.05) is 32.5 Å². The lowest BCUT2D eigenvalue weighted by molar-refractivity contribution is 0.101. The molecule has 1 aliphatic heterocycles. The van der Waals surface area contributed by atoms with E-state index in [1.807, 2.05) is 25.0 Å². The largest absolute Gasteiger partial charge is 0.360 e. The number of rotatable bonds is 4. The van der Waals surface area contributed by atoms with E-state index in [1.165, 1.54) is 5.56 Å². The van der Waals surface area contributed by atoms with Gasteiger partial charge < -0.3 is 9.42 Å². The molecule has 2 aromatic heterocycles. The number of carbonyl (C=O) groups excluding carboxylic acids is 1. The molecular formula is C17H26N6O2. The molecule has 0 unspecified atom stereocenters. The van der Waals surface area contributed by atoms with Crippen molar-refractivity contribution in [3.05, 3.63) is 29.8 Å². The van der Waals surface area contributed by atoms with Crippen molar-refractivity contribution in [3.8, 4) is 0 Å². The highest BCUT2D eigenvalue weighted by Gasteiger charge is 2.32. The lowest BCUT2D eigenvalue weighted by Gasteiger charge is -2.40. The number of anilines is 1. The van der Waals surface area contributed by atoms with Crippen LogP contribution < -0.4 is 5.32 Å². The van der Waals surface area contributed by atoms with Gasteiger partial charge in [-0.05, 0) is 39.3 Å². The van der Waals surface area contributed by atoms with Crippen molar-refractivity contribution >= 4 is 11.8 Å². The molecule has 1 N–H and O–H groups in total. The molecule has 3 heterocycles. The number of carbonyl (C=O) groups is 1.